The lowest BCUT2D eigenvalue weighted by Crippen LogP contribution is -2.00. The summed E-state index contributed by atoms with van der Waals surface area (Å²) >= 11 is 1.68. The number of Topliss-reactive ketones (excluding diaryl/α,β-unsaturated/α-hetero) is 1. The zero-order chi connectivity index (χ0) is 9.10. The number of carbonyl (C=O) groups excluding carboxylic acids is 1. The van der Waals surface area contributed by atoms with Gasteiger partial charge in [0.2, 0.25) is 0 Å². The lowest BCUT2D eigenvalue weighted by molar-refractivity contribution is -0.120. The maximum absolute atomic E-state index is 11.3. The molecule has 0 unspecified atom stereocenters. The molecule has 0 bridgehead atoms. The van der Waals surface area contributed by atoms with E-state index in [1.165, 1.54) is 4.88 Å². The molecule has 1 aliphatic rings. The molecule has 3 heteroatoms. The molecule has 70 valence electrons. The van der Waals surface area contributed by atoms with Gasteiger partial charge in [-0.3, -0.25) is 9.78 Å². The highest BCUT2D eigenvalue weighted by molar-refractivity contribution is 7.09. The van der Waals surface area contributed by atoms with E-state index in [0.29, 0.717) is 11.7 Å². The van der Waals surface area contributed by atoms with E-state index < -0.39 is 0 Å². The summed E-state index contributed by atoms with van der Waals surface area (Å²) in [6.07, 6.45) is 6.95. The molecule has 0 spiro atoms. The molecule has 0 amide bonds. The third-order valence-corrected chi connectivity index (χ3v) is 3.20. The average molecular weight is 195 g/mol. The van der Waals surface area contributed by atoms with Gasteiger partial charge in [0, 0.05) is 23.4 Å². The van der Waals surface area contributed by atoms with Crippen LogP contribution in [0.25, 0.3) is 0 Å². The Hall–Kier alpha value is -0.700. The number of rotatable bonds is 5. The van der Waals surface area contributed by atoms with E-state index in [2.05, 4.69) is 4.98 Å². The molecule has 2 nitrogen and oxygen atoms in total. The summed E-state index contributed by atoms with van der Waals surface area (Å²) in [5.41, 5.74) is 1.85. The van der Waals surface area contributed by atoms with E-state index in [1.807, 2.05) is 11.7 Å². The first-order chi connectivity index (χ1) is 6.36. The monoisotopic (exact) mass is 195 g/mol. The van der Waals surface area contributed by atoms with E-state index in [4.69, 9.17) is 0 Å². The molecule has 0 atom stereocenters. The minimum absolute atomic E-state index is 0.432. The van der Waals surface area contributed by atoms with Crippen LogP contribution < -0.4 is 0 Å². The molecule has 1 heterocycles. The third kappa shape index (κ3) is 2.62. The van der Waals surface area contributed by atoms with Crippen LogP contribution in [0.1, 0.15) is 30.6 Å². The number of aromatic nitrogens is 1. The van der Waals surface area contributed by atoms with Crippen LogP contribution in [0.5, 0.6) is 0 Å². The zero-order valence-electron chi connectivity index (χ0n) is 7.53. The van der Waals surface area contributed by atoms with Crippen LogP contribution in [0, 0.1) is 5.92 Å². The van der Waals surface area contributed by atoms with E-state index in [-0.39, 0.29) is 0 Å². The normalized spacial score (nSPS) is 16.0. The standard InChI is InChI=1S/C10H13NOS/c12-10(8-4-5-8)3-1-2-9-6-11-7-13-9/h6-8H,1-5H2. The Morgan fingerprint density at radius 3 is 3.08 bits per heavy atom. The fraction of sp³-hybridized carbons (Fsp3) is 0.600. The Balaban J connectivity index is 1.66. The quantitative estimate of drug-likeness (QED) is 0.722. The molecular formula is C10H13NOS. The molecular weight excluding hydrogens is 182 g/mol. The smallest absolute Gasteiger partial charge is 0.135 e. The average Bonchev–Trinajstić information content (AvgIpc) is 2.86. The van der Waals surface area contributed by atoms with Gasteiger partial charge in [-0.15, -0.1) is 11.3 Å². The van der Waals surface area contributed by atoms with Crippen molar-refractivity contribution in [3.63, 3.8) is 0 Å². The molecule has 0 N–H and O–H groups in total. The predicted octanol–water partition coefficient (Wildman–Crippen LogP) is 2.44. The van der Waals surface area contributed by atoms with Gasteiger partial charge in [0.05, 0.1) is 5.51 Å². The molecule has 1 aromatic heterocycles. The Labute approximate surface area is 82.0 Å². The molecule has 1 fully saturated rings. The predicted molar refractivity (Wildman–Crippen MR) is 52.8 cm³/mol. The Kier molecular flexibility index (Phi) is 2.74. The van der Waals surface area contributed by atoms with Gasteiger partial charge >= 0.3 is 0 Å². The Morgan fingerprint density at radius 2 is 2.46 bits per heavy atom. The number of ketones is 1. The van der Waals surface area contributed by atoms with Crippen LogP contribution in [-0.4, -0.2) is 10.8 Å². The summed E-state index contributed by atoms with van der Waals surface area (Å²) in [6, 6.07) is 0. The second-order valence-electron chi connectivity index (χ2n) is 3.56. The fourth-order valence-electron chi connectivity index (χ4n) is 1.41. The second kappa shape index (κ2) is 4.01. The summed E-state index contributed by atoms with van der Waals surface area (Å²) in [5, 5.41) is 0. The first-order valence-corrected chi connectivity index (χ1v) is 5.64. The maximum atomic E-state index is 11.3. The summed E-state index contributed by atoms with van der Waals surface area (Å²) in [4.78, 5) is 16.6. The minimum Gasteiger partial charge on any atom is -0.299 e. The van der Waals surface area contributed by atoms with Crippen molar-refractivity contribution < 1.29 is 4.79 Å². The van der Waals surface area contributed by atoms with Gasteiger partial charge in [-0.05, 0) is 25.7 Å². The van der Waals surface area contributed by atoms with Crippen molar-refractivity contribution in [1.29, 1.82) is 0 Å². The molecule has 0 aliphatic heterocycles. The minimum atomic E-state index is 0.432. The molecule has 13 heavy (non-hydrogen) atoms. The molecule has 1 aromatic rings. The van der Waals surface area contributed by atoms with Gasteiger partial charge in [-0.1, -0.05) is 0 Å². The van der Waals surface area contributed by atoms with Crippen LogP contribution in [0.3, 0.4) is 0 Å². The molecule has 0 aromatic carbocycles. The van der Waals surface area contributed by atoms with E-state index in [1.54, 1.807) is 11.3 Å². The highest BCUT2D eigenvalue weighted by Gasteiger charge is 2.28. The third-order valence-electron chi connectivity index (χ3n) is 2.36. The van der Waals surface area contributed by atoms with E-state index >= 15 is 0 Å². The van der Waals surface area contributed by atoms with Gasteiger partial charge in [0.25, 0.3) is 0 Å². The molecule has 0 radical (unpaired) electrons. The number of aryl methyl sites for hydroxylation is 1. The Morgan fingerprint density at radius 1 is 1.62 bits per heavy atom. The van der Waals surface area contributed by atoms with Crippen LogP contribution in [0.15, 0.2) is 11.7 Å². The van der Waals surface area contributed by atoms with Crippen molar-refractivity contribution in [2.75, 3.05) is 0 Å². The van der Waals surface area contributed by atoms with Crippen LogP contribution >= 0.6 is 11.3 Å². The molecule has 0 saturated heterocycles. The SMILES string of the molecule is O=C(CCCc1cncs1)C1CC1. The van der Waals surface area contributed by atoms with E-state index in [0.717, 1.165) is 32.1 Å². The van der Waals surface area contributed by atoms with Gasteiger partial charge < -0.3 is 0 Å². The fourth-order valence-corrected chi connectivity index (χ4v) is 2.05. The van der Waals surface area contributed by atoms with Crippen LogP contribution in [0.2, 0.25) is 0 Å². The van der Waals surface area contributed by atoms with Gasteiger partial charge in [-0.2, -0.15) is 0 Å². The number of nitrogens with zero attached hydrogens (tertiary/aromatic N) is 1. The van der Waals surface area contributed by atoms with Crippen LogP contribution in [-0.2, 0) is 11.2 Å². The van der Waals surface area contributed by atoms with Crippen molar-refractivity contribution in [3.05, 3.63) is 16.6 Å². The van der Waals surface area contributed by atoms with Gasteiger partial charge in [-0.25, -0.2) is 0 Å². The first-order valence-electron chi connectivity index (χ1n) is 4.76. The van der Waals surface area contributed by atoms with Crippen molar-refractivity contribution in [2.45, 2.75) is 32.1 Å². The lowest BCUT2D eigenvalue weighted by atomic mass is 10.1. The van der Waals surface area contributed by atoms with Gasteiger partial charge in [0.15, 0.2) is 0 Å². The molecule has 2 rings (SSSR count). The summed E-state index contributed by atoms with van der Waals surface area (Å²) in [7, 11) is 0. The Bertz CT molecular complexity index is 277. The number of hydrogen-bond donors (Lipinski definition) is 0. The van der Waals surface area contributed by atoms with Crippen molar-refractivity contribution >= 4 is 17.1 Å². The van der Waals surface area contributed by atoms with Crippen molar-refractivity contribution in [3.8, 4) is 0 Å². The summed E-state index contributed by atoms with van der Waals surface area (Å²) in [5.74, 6) is 0.908. The van der Waals surface area contributed by atoms with Crippen LogP contribution in [0.4, 0.5) is 0 Å². The first kappa shape index (κ1) is 8.88. The molecule has 1 aliphatic carbocycles. The van der Waals surface area contributed by atoms with E-state index in [9.17, 15) is 4.79 Å². The summed E-state index contributed by atoms with van der Waals surface area (Å²) < 4.78 is 0. The maximum Gasteiger partial charge on any atom is 0.135 e. The molecule has 1 saturated carbocycles. The largest absolute Gasteiger partial charge is 0.299 e. The lowest BCUT2D eigenvalue weighted by Gasteiger charge is -1.96. The number of carbonyl (C=O) groups is 1. The van der Waals surface area contributed by atoms with Gasteiger partial charge in [0.1, 0.15) is 5.78 Å². The highest BCUT2D eigenvalue weighted by atomic mass is 32.1. The topological polar surface area (TPSA) is 30.0 Å². The van der Waals surface area contributed by atoms with Crippen molar-refractivity contribution in [1.82, 2.24) is 4.98 Å². The van der Waals surface area contributed by atoms with Crippen molar-refractivity contribution in [2.24, 2.45) is 5.92 Å². The zero-order valence-corrected chi connectivity index (χ0v) is 8.35. The number of thiazole rings is 1. The second-order valence-corrected chi connectivity index (χ2v) is 4.53. The highest BCUT2D eigenvalue weighted by Crippen LogP contribution is 2.31. The number of hydrogen-bond acceptors (Lipinski definition) is 3. The summed E-state index contributed by atoms with van der Waals surface area (Å²) in [6.45, 7) is 0.